The van der Waals surface area contributed by atoms with Crippen LogP contribution in [-0.4, -0.2) is 23.0 Å². The lowest BCUT2D eigenvalue weighted by Gasteiger charge is -2.04. The van der Waals surface area contributed by atoms with Gasteiger partial charge in [-0.25, -0.2) is 5.43 Å². The van der Waals surface area contributed by atoms with E-state index in [9.17, 15) is 19.7 Å². The number of carbonyl (C=O) groups is 2. The van der Waals surface area contributed by atoms with E-state index < -0.39 is 10.8 Å². The van der Waals surface area contributed by atoms with Crippen LogP contribution in [0, 0.1) is 10.1 Å². The molecule has 25 heavy (non-hydrogen) atoms. The summed E-state index contributed by atoms with van der Waals surface area (Å²) in [6.07, 6.45) is 1.76. The molecule has 0 aliphatic carbocycles. The highest BCUT2D eigenvalue weighted by Gasteiger charge is 2.05. The van der Waals surface area contributed by atoms with Crippen molar-refractivity contribution in [2.45, 2.75) is 13.3 Å². The molecule has 0 radical (unpaired) electrons. The molecule has 0 aromatic heterocycles. The lowest BCUT2D eigenvalue weighted by atomic mass is 10.2. The summed E-state index contributed by atoms with van der Waals surface area (Å²) in [6.45, 7) is 1.75. The van der Waals surface area contributed by atoms with Gasteiger partial charge in [0.2, 0.25) is 5.91 Å². The number of hydrogen-bond acceptors (Lipinski definition) is 5. The van der Waals surface area contributed by atoms with Gasteiger partial charge in [-0.1, -0.05) is 6.92 Å². The standard InChI is InChI=1S/C17H16N4O4/c1-2-16(22)19-14-7-5-13(6-8-14)17(23)20-18-11-12-3-9-15(10-4-12)21(24)25/h3-11H,2H2,1H3,(H,19,22)(H,20,23). The summed E-state index contributed by atoms with van der Waals surface area (Å²) in [7, 11) is 0. The number of benzene rings is 2. The molecule has 8 nitrogen and oxygen atoms in total. The number of nitrogens with zero attached hydrogens (tertiary/aromatic N) is 2. The molecule has 0 bridgehead atoms. The third-order valence-electron chi connectivity index (χ3n) is 3.24. The van der Waals surface area contributed by atoms with Gasteiger partial charge in [0, 0.05) is 29.8 Å². The van der Waals surface area contributed by atoms with E-state index in [1.807, 2.05) is 0 Å². The summed E-state index contributed by atoms with van der Waals surface area (Å²) < 4.78 is 0. The van der Waals surface area contributed by atoms with Crippen LogP contribution in [0.15, 0.2) is 53.6 Å². The second-order valence-electron chi connectivity index (χ2n) is 5.03. The molecule has 0 spiro atoms. The molecular weight excluding hydrogens is 324 g/mol. The van der Waals surface area contributed by atoms with Crippen molar-refractivity contribution in [3.63, 3.8) is 0 Å². The Balaban J connectivity index is 1.93. The van der Waals surface area contributed by atoms with E-state index in [1.54, 1.807) is 31.2 Å². The lowest BCUT2D eigenvalue weighted by Crippen LogP contribution is -2.17. The highest BCUT2D eigenvalue weighted by atomic mass is 16.6. The lowest BCUT2D eigenvalue weighted by molar-refractivity contribution is -0.384. The molecule has 0 heterocycles. The molecule has 0 aliphatic rings. The minimum Gasteiger partial charge on any atom is -0.326 e. The Morgan fingerprint density at radius 1 is 1.12 bits per heavy atom. The number of non-ortho nitro benzene ring substituents is 1. The van der Waals surface area contributed by atoms with Gasteiger partial charge in [-0.3, -0.25) is 19.7 Å². The molecule has 2 aromatic rings. The van der Waals surface area contributed by atoms with Gasteiger partial charge in [0.1, 0.15) is 0 Å². The zero-order valence-electron chi connectivity index (χ0n) is 13.4. The molecule has 0 saturated carbocycles. The third-order valence-corrected chi connectivity index (χ3v) is 3.24. The van der Waals surface area contributed by atoms with Gasteiger partial charge in [0.05, 0.1) is 11.1 Å². The van der Waals surface area contributed by atoms with Crippen LogP contribution in [0.2, 0.25) is 0 Å². The van der Waals surface area contributed by atoms with Crippen molar-refractivity contribution in [1.29, 1.82) is 0 Å². The summed E-state index contributed by atoms with van der Waals surface area (Å²) in [4.78, 5) is 33.3. The third kappa shape index (κ3) is 5.24. The van der Waals surface area contributed by atoms with Crippen molar-refractivity contribution < 1.29 is 14.5 Å². The zero-order valence-corrected chi connectivity index (χ0v) is 13.4. The Hall–Kier alpha value is -3.55. The molecule has 2 amide bonds. The number of hydrogen-bond donors (Lipinski definition) is 2. The van der Waals surface area contributed by atoms with Crippen LogP contribution in [0.1, 0.15) is 29.3 Å². The molecule has 2 N–H and O–H groups in total. The first-order chi connectivity index (χ1) is 12.0. The Morgan fingerprint density at radius 2 is 1.76 bits per heavy atom. The number of nitro benzene ring substituents is 1. The molecule has 8 heteroatoms. The molecule has 2 rings (SSSR count). The SMILES string of the molecule is CCC(=O)Nc1ccc(C(=O)NN=Cc2ccc([N+](=O)[O-])cc2)cc1. The van der Waals surface area contributed by atoms with Crippen molar-refractivity contribution >= 4 is 29.4 Å². The van der Waals surface area contributed by atoms with Gasteiger partial charge in [-0.15, -0.1) is 0 Å². The van der Waals surface area contributed by atoms with Gasteiger partial charge in [0.15, 0.2) is 0 Å². The molecular formula is C17H16N4O4. The van der Waals surface area contributed by atoms with E-state index in [2.05, 4.69) is 15.8 Å². The fourth-order valence-electron chi connectivity index (χ4n) is 1.87. The topological polar surface area (TPSA) is 114 Å². The number of carbonyl (C=O) groups excluding carboxylic acids is 2. The molecule has 2 aromatic carbocycles. The Bertz CT molecular complexity index is 798. The summed E-state index contributed by atoms with van der Waals surface area (Å²) in [5.74, 6) is -0.517. The van der Waals surface area contributed by atoms with Crippen molar-refractivity contribution in [2.24, 2.45) is 5.10 Å². The Morgan fingerprint density at radius 3 is 2.32 bits per heavy atom. The maximum atomic E-state index is 12.0. The van der Waals surface area contributed by atoms with Crippen LogP contribution >= 0.6 is 0 Å². The minimum absolute atomic E-state index is 0.0172. The van der Waals surface area contributed by atoms with Crippen molar-refractivity contribution in [1.82, 2.24) is 5.43 Å². The highest BCUT2D eigenvalue weighted by Crippen LogP contribution is 2.11. The van der Waals surface area contributed by atoms with Crippen LogP contribution in [0.5, 0.6) is 0 Å². The van der Waals surface area contributed by atoms with E-state index in [4.69, 9.17) is 0 Å². The largest absolute Gasteiger partial charge is 0.326 e. The average molecular weight is 340 g/mol. The van der Waals surface area contributed by atoms with Crippen molar-refractivity contribution in [3.8, 4) is 0 Å². The van der Waals surface area contributed by atoms with Crippen LogP contribution in [0.4, 0.5) is 11.4 Å². The molecule has 0 unspecified atom stereocenters. The summed E-state index contributed by atoms with van der Waals surface area (Å²) >= 11 is 0. The van der Waals surface area contributed by atoms with Gasteiger partial charge >= 0.3 is 0 Å². The molecule has 0 fully saturated rings. The minimum atomic E-state index is -0.491. The quantitative estimate of drug-likeness (QED) is 0.478. The summed E-state index contributed by atoms with van der Waals surface area (Å²) in [5.41, 5.74) is 3.96. The van der Waals surface area contributed by atoms with E-state index in [1.165, 1.54) is 30.5 Å². The first kappa shape index (κ1) is 17.8. The average Bonchev–Trinajstić information content (AvgIpc) is 2.62. The smallest absolute Gasteiger partial charge is 0.271 e. The second kappa shape index (κ2) is 8.34. The van der Waals surface area contributed by atoms with Gasteiger partial charge < -0.3 is 5.32 Å². The molecule has 0 atom stereocenters. The number of rotatable bonds is 6. The van der Waals surface area contributed by atoms with Crippen LogP contribution < -0.4 is 10.7 Å². The monoisotopic (exact) mass is 340 g/mol. The first-order valence-corrected chi connectivity index (χ1v) is 7.47. The van der Waals surface area contributed by atoms with Crippen LogP contribution in [-0.2, 0) is 4.79 Å². The maximum absolute atomic E-state index is 12.0. The normalized spacial score (nSPS) is 10.4. The van der Waals surface area contributed by atoms with E-state index in [-0.39, 0.29) is 11.6 Å². The van der Waals surface area contributed by atoms with Crippen molar-refractivity contribution in [2.75, 3.05) is 5.32 Å². The fourth-order valence-corrected chi connectivity index (χ4v) is 1.87. The number of nitro groups is 1. The second-order valence-corrected chi connectivity index (χ2v) is 5.03. The summed E-state index contributed by atoms with van der Waals surface area (Å²) in [5, 5.41) is 17.1. The zero-order chi connectivity index (χ0) is 18.2. The van der Waals surface area contributed by atoms with Crippen molar-refractivity contribution in [3.05, 3.63) is 69.8 Å². The maximum Gasteiger partial charge on any atom is 0.271 e. The van der Waals surface area contributed by atoms with Crippen LogP contribution in [0.3, 0.4) is 0 Å². The Labute approximate surface area is 143 Å². The Kier molecular flexibility index (Phi) is 5.94. The predicted octanol–water partition coefficient (Wildman–Crippen LogP) is 2.71. The molecule has 0 aliphatic heterocycles. The van der Waals surface area contributed by atoms with Gasteiger partial charge in [-0.2, -0.15) is 5.10 Å². The number of nitrogens with one attached hydrogen (secondary N) is 2. The van der Waals surface area contributed by atoms with E-state index in [0.717, 1.165) is 0 Å². The predicted molar refractivity (Wildman–Crippen MR) is 93.5 cm³/mol. The van der Waals surface area contributed by atoms with Gasteiger partial charge in [-0.05, 0) is 42.0 Å². The van der Waals surface area contributed by atoms with E-state index in [0.29, 0.717) is 23.2 Å². The highest BCUT2D eigenvalue weighted by molar-refractivity contribution is 5.96. The molecule has 0 saturated heterocycles. The number of hydrazone groups is 1. The number of anilines is 1. The van der Waals surface area contributed by atoms with E-state index >= 15 is 0 Å². The van der Waals surface area contributed by atoms with Crippen LogP contribution in [0.25, 0.3) is 0 Å². The fraction of sp³-hybridized carbons (Fsp3) is 0.118. The summed E-state index contributed by atoms with van der Waals surface area (Å²) in [6, 6.07) is 12.2. The number of amides is 2. The van der Waals surface area contributed by atoms with Gasteiger partial charge in [0.25, 0.3) is 11.6 Å². The first-order valence-electron chi connectivity index (χ1n) is 7.47. The molecule has 128 valence electrons.